The van der Waals surface area contributed by atoms with Crippen LogP contribution in [0, 0.1) is 9.39 Å². The van der Waals surface area contributed by atoms with Gasteiger partial charge in [-0.15, -0.1) is 0 Å². The van der Waals surface area contributed by atoms with Gasteiger partial charge < -0.3 is 4.90 Å². The molecule has 2 nitrogen and oxygen atoms in total. The van der Waals surface area contributed by atoms with Gasteiger partial charge in [0.1, 0.15) is 5.82 Å². The Balaban J connectivity index is 2.23. The van der Waals surface area contributed by atoms with Crippen LogP contribution in [-0.4, -0.2) is 23.9 Å². The highest BCUT2D eigenvalue weighted by molar-refractivity contribution is 14.1. The average molecular weight is 305 g/mol. The van der Waals surface area contributed by atoms with Gasteiger partial charge in [0.2, 0.25) is 0 Å². The maximum absolute atomic E-state index is 12.9. The first-order chi connectivity index (χ1) is 6.68. The van der Waals surface area contributed by atoms with Crippen molar-refractivity contribution in [2.75, 3.05) is 13.1 Å². The Morgan fingerprint density at radius 2 is 2.14 bits per heavy atom. The van der Waals surface area contributed by atoms with Crippen molar-refractivity contribution in [1.82, 2.24) is 4.90 Å². The number of amides is 1. The Bertz CT molecular complexity index is 376. The van der Waals surface area contributed by atoms with E-state index in [0.717, 1.165) is 19.5 Å². The van der Waals surface area contributed by atoms with Gasteiger partial charge in [-0.2, -0.15) is 0 Å². The molecule has 0 unspecified atom stereocenters. The molecule has 0 aliphatic carbocycles. The third kappa shape index (κ3) is 1.75. The molecule has 1 aromatic carbocycles. The molecule has 0 aromatic heterocycles. The second kappa shape index (κ2) is 3.84. The zero-order valence-corrected chi connectivity index (χ0v) is 9.62. The van der Waals surface area contributed by atoms with Crippen molar-refractivity contribution < 1.29 is 9.18 Å². The summed E-state index contributed by atoms with van der Waals surface area (Å²) in [5, 5.41) is 0. The molecule has 14 heavy (non-hydrogen) atoms. The van der Waals surface area contributed by atoms with E-state index < -0.39 is 0 Å². The van der Waals surface area contributed by atoms with Crippen molar-refractivity contribution in [3.63, 3.8) is 0 Å². The zero-order chi connectivity index (χ0) is 10.1. The maximum atomic E-state index is 12.9. The van der Waals surface area contributed by atoms with E-state index in [9.17, 15) is 9.18 Å². The normalized spacial score (nSPS) is 15.1. The van der Waals surface area contributed by atoms with Crippen LogP contribution in [-0.2, 0) is 0 Å². The summed E-state index contributed by atoms with van der Waals surface area (Å²) in [7, 11) is 0. The van der Waals surface area contributed by atoms with Gasteiger partial charge in [0.15, 0.2) is 0 Å². The van der Waals surface area contributed by atoms with Crippen molar-refractivity contribution in [1.29, 1.82) is 0 Å². The zero-order valence-electron chi connectivity index (χ0n) is 7.46. The molecule has 0 spiro atoms. The first kappa shape index (κ1) is 9.89. The minimum atomic E-state index is -0.272. The number of benzene rings is 1. The SMILES string of the molecule is O=C(c1ccc(F)c(I)c1)N1CCC1. The Labute approximate surface area is 95.2 Å². The lowest BCUT2D eigenvalue weighted by atomic mass is 10.1. The lowest BCUT2D eigenvalue weighted by Gasteiger charge is -2.30. The van der Waals surface area contributed by atoms with Gasteiger partial charge in [0.05, 0.1) is 0 Å². The molecular weight excluding hydrogens is 296 g/mol. The summed E-state index contributed by atoms with van der Waals surface area (Å²) in [6.07, 6.45) is 1.07. The molecule has 0 radical (unpaired) electrons. The predicted molar refractivity (Wildman–Crippen MR) is 59.6 cm³/mol. The van der Waals surface area contributed by atoms with Gasteiger partial charge in [-0.25, -0.2) is 4.39 Å². The fourth-order valence-electron chi connectivity index (χ4n) is 1.33. The van der Waals surface area contributed by atoms with E-state index in [-0.39, 0.29) is 11.7 Å². The van der Waals surface area contributed by atoms with E-state index >= 15 is 0 Å². The number of nitrogens with zero attached hydrogens (tertiary/aromatic N) is 1. The van der Waals surface area contributed by atoms with Crippen molar-refractivity contribution in [3.8, 4) is 0 Å². The Kier molecular flexibility index (Phi) is 2.71. The molecular formula is C10H9FINO. The van der Waals surface area contributed by atoms with Crippen LogP contribution in [0.3, 0.4) is 0 Å². The summed E-state index contributed by atoms with van der Waals surface area (Å²) in [4.78, 5) is 13.5. The molecule has 74 valence electrons. The van der Waals surface area contributed by atoms with E-state index in [1.54, 1.807) is 11.0 Å². The smallest absolute Gasteiger partial charge is 0.253 e. The molecule has 0 atom stereocenters. The molecule has 1 fully saturated rings. The molecule has 0 bridgehead atoms. The molecule has 1 aromatic rings. The minimum Gasteiger partial charge on any atom is -0.339 e. The summed E-state index contributed by atoms with van der Waals surface area (Å²) in [5.41, 5.74) is 0.579. The third-order valence-corrected chi connectivity index (χ3v) is 3.14. The highest BCUT2D eigenvalue weighted by atomic mass is 127. The molecule has 1 heterocycles. The summed E-state index contributed by atoms with van der Waals surface area (Å²) < 4.78 is 13.4. The summed E-state index contributed by atoms with van der Waals surface area (Å²) in [6.45, 7) is 1.65. The fourth-order valence-corrected chi connectivity index (χ4v) is 1.85. The van der Waals surface area contributed by atoms with Gasteiger partial charge in [-0.1, -0.05) is 0 Å². The lowest BCUT2D eigenvalue weighted by Crippen LogP contribution is -2.42. The summed E-state index contributed by atoms with van der Waals surface area (Å²) in [5.74, 6) is -0.264. The molecule has 1 aliphatic rings. The van der Waals surface area contributed by atoms with E-state index in [4.69, 9.17) is 0 Å². The average Bonchev–Trinajstić information content (AvgIpc) is 2.06. The van der Waals surface area contributed by atoms with Crippen LogP contribution in [0.25, 0.3) is 0 Å². The monoisotopic (exact) mass is 305 g/mol. The van der Waals surface area contributed by atoms with Gasteiger partial charge in [0, 0.05) is 22.2 Å². The maximum Gasteiger partial charge on any atom is 0.253 e. The van der Waals surface area contributed by atoms with Gasteiger partial charge in [0.25, 0.3) is 5.91 Å². The third-order valence-electron chi connectivity index (χ3n) is 2.31. The first-order valence-electron chi connectivity index (χ1n) is 4.43. The predicted octanol–water partition coefficient (Wildman–Crippen LogP) is 2.28. The van der Waals surface area contributed by atoms with E-state index in [1.165, 1.54) is 12.1 Å². The molecule has 1 aliphatic heterocycles. The fraction of sp³-hybridized carbons (Fsp3) is 0.300. The van der Waals surface area contributed by atoms with E-state index in [1.807, 2.05) is 22.6 Å². The second-order valence-electron chi connectivity index (χ2n) is 3.27. The van der Waals surface area contributed by atoms with Crippen LogP contribution in [0.4, 0.5) is 4.39 Å². The number of carbonyl (C=O) groups excluding carboxylic acids is 1. The number of hydrogen-bond donors (Lipinski definition) is 0. The number of rotatable bonds is 1. The molecule has 0 saturated carbocycles. The molecule has 2 rings (SSSR count). The van der Waals surface area contributed by atoms with Gasteiger partial charge >= 0.3 is 0 Å². The molecule has 4 heteroatoms. The highest BCUT2D eigenvalue weighted by Crippen LogP contribution is 2.17. The van der Waals surface area contributed by atoms with Crippen LogP contribution in [0.2, 0.25) is 0 Å². The molecule has 1 saturated heterocycles. The van der Waals surface area contributed by atoms with Crippen molar-refractivity contribution in [3.05, 3.63) is 33.1 Å². The summed E-state index contributed by atoms with van der Waals surface area (Å²) >= 11 is 1.89. The number of carbonyl (C=O) groups is 1. The van der Waals surface area contributed by atoms with Crippen molar-refractivity contribution >= 4 is 28.5 Å². The Morgan fingerprint density at radius 1 is 1.43 bits per heavy atom. The minimum absolute atomic E-state index is 0.00849. The van der Waals surface area contributed by atoms with Crippen LogP contribution >= 0.6 is 22.6 Å². The molecule has 1 amide bonds. The number of halogens is 2. The van der Waals surface area contributed by atoms with E-state index in [0.29, 0.717) is 9.13 Å². The number of likely N-dealkylation sites (tertiary alicyclic amines) is 1. The van der Waals surface area contributed by atoms with E-state index in [2.05, 4.69) is 0 Å². The topological polar surface area (TPSA) is 20.3 Å². The largest absolute Gasteiger partial charge is 0.339 e. The van der Waals surface area contributed by atoms with Crippen LogP contribution in [0.5, 0.6) is 0 Å². The van der Waals surface area contributed by atoms with Crippen LogP contribution < -0.4 is 0 Å². The highest BCUT2D eigenvalue weighted by Gasteiger charge is 2.21. The van der Waals surface area contributed by atoms with Gasteiger partial charge in [-0.3, -0.25) is 4.79 Å². The quantitative estimate of drug-likeness (QED) is 0.729. The standard InChI is InChI=1S/C10H9FINO/c11-8-3-2-7(6-9(8)12)10(14)13-4-1-5-13/h2-3,6H,1,4-5H2. The molecule has 0 N–H and O–H groups in total. The van der Waals surface area contributed by atoms with Gasteiger partial charge in [-0.05, 0) is 47.2 Å². The van der Waals surface area contributed by atoms with Crippen LogP contribution in [0.15, 0.2) is 18.2 Å². The number of hydrogen-bond acceptors (Lipinski definition) is 1. The lowest BCUT2D eigenvalue weighted by molar-refractivity contribution is 0.0651. The summed E-state index contributed by atoms with van der Waals surface area (Å²) in [6, 6.07) is 4.48. The van der Waals surface area contributed by atoms with Crippen molar-refractivity contribution in [2.24, 2.45) is 0 Å². The first-order valence-corrected chi connectivity index (χ1v) is 5.50. The van der Waals surface area contributed by atoms with Crippen LogP contribution in [0.1, 0.15) is 16.8 Å². The Hall–Kier alpha value is -0.650. The van der Waals surface area contributed by atoms with Crippen molar-refractivity contribution in [2.45, 2.75) is 6.42 Å². The Morgan fingerprint density at radius 3 is 2.64 bits per heavy atom. The second-order valence-corrected chi connectivity index (χ2v) is 4.44.